The van der Waals surface area contributed by atoms with Crippen molar-refractivity contribution in [2.75, 3.05) is 6.54 Å². The first-order chi connectivity index (χ1) is 7.74. The molecule has 3 unspecified atom stereocenters. The molecule has 0 bridgehead atoms. The number of likely N-dealkylation sites (tertiary alicyclic amines) is 1. The number of aliphatic carboxylic acids is 1. The van der Waals surface area contributed by atoms with Crippen LogP contribution in [0.1, 0.15) is 51.9 Å². The molecule has 0 spiro atoms. The fourth-order valence-corrected chi connectivity index (χ4v) is 3.46. The lowest BCUT2D eigenvalue weighted by Gasteiger charge is -2.32. The monoisotopic (exact) mass is 225 g/mol. The Kier molecular flexibility index (Phi) is 3.85. The van der Waals surface area contributed by atoms with Gasteiger partial charge in [0, 0.05) is 6.04 Å². The number of carbonyl (C=O) groups is 1. The zero-order valence-corrected chi connectivity index (χ0v) is 10.2. The van der Waals surface area contributed by atoms with Crippen molar-refractivity contribution in [1.29, 1.82) is 0 Å². The SMILES string of the molecule is CCCCN1C(C(=O)O)CC2CCCCC21. The van der Waals surface area contributed by atoms with Crippen molar-refractivity contribution < 1.29 is 9.90 Å². The van der Waals surface area contributed by atoms with Gasteiger partial charge >= 0.3 is 5.97 Å². The van der Waals surface area contributed by atoms with Gasteiger partial charge < -0.3 is 5.11 Å². The Hall–Kier alpha value is -0.570. The van der Waals surface area contributed by atoms with Crippen molar-refractivity contribution in [3.63, 3.8) is 0 Å². The predicted molar refractivity (Wildman–Crippen MR) is 63.4 cm³/mol. The van der Waals surface area contributed by atoms with Crippen LogP contribution in [-0.4, -0.2) is 34.6 Å². The van der Waals surface area contributed by atoms with E-state index in [0.717, 1.165) is 25.8 Å². The third kappa shape index (κ3) is 2.24. The van der Waals surface area contributed by atoms with E-state index in [1.165, 1.54) is 25.7 Å². The molecule has 3 nitrogen and oxygen atoms in total. The van der Waals surface area contributed by atoms with E-state index in [2.05, 4.69) is 11.8 Å². The highest BCUT2D eigenvalue weighted by Crippen LogP contribution is 2.39. The van der Waals surface area contributed by atoms with Gasteiger partial charge in [-0.05, 0) is 38.1 Å². The summed E-state index contributed by atoms with van der Waals surface area (Å²) in [4.78, 5) is 13.6. The summed E-state index contributed by atoms with van der Waals surface area (Å²) in [6, 6.07) is 0.376. The average Bonchev–Trinajstić information content (AvgIpc) is 2.65. The van der Waals surface area contributed by atoms with Gasteiger partial charge in [-0.15, -0.1) is 0 Å². The average molecular weight is 225 g/mol. The summed E-state index contributed by atoms with van der Waals surface area (Å²) < 4.78 is 0. The lowest BCUT2D eigenvalue weighted by molar-refractivity contribution is -0.142. The van der Waals surface area contributed by atoms with Gasteiger partial charge in [-0.3, -0.25) is 9.69 Å². The normalized spacial score (nSPS) is 34.9. The maximum Gasteiger partial charge on any atom is 0.320 e. The minimum atomic E-state index is -0.606. The van der Waals surface area contributed by atoms with Gasteiger partial charge in [0.1, 0.15) is 6.04 Å². The van der Waals surface area contributed by atoms with Crippen LogP contribution in [0, 0.1) is 5.92 Å². The molecule has 2 rings (SSSR count). The first kappa shape index (κ1) is 11.9. The number of fused-ring (bicyclic) bond motifs is 1. The maximum atomic E-state index is 11.3. The summed E-state index contributed by atoms with van der Waals surface area (Å²) in [5.74, 6) is 0.0530. The predicted octanol–water partition coefficient (Wildman–Crippen LogP) is 2.50. The standard InChI is InChI=1S/C13H23NO2/c1-2-3-8-14-11-7-5-4-6-10(11)9-12(14)13(15)16/h10-12H,2-9H2,1H3,(H,15,16). The molecule has 1 saturated carbocycles. The smallest absolute Gasteiger partial charge is 0.320 e. The molecule has 3 atom stereocenters. The Morgan fingerprint density at radius 3 is 2.81 bits per heavy atom. The number of nitrogens with zero attached hydrogens (tertiary/aromatic N) is 1. The van der Waals surface area contributed by atoms with Crippen LogP contribution >= 0.6 is 0 Å². The summed E-state index contributed by atoms with van der Waals surface area (Å²) >= 11 is 0. The van der Waals surface area contributed by atoms with Crippen LogP contribution in [0.15, 0.2) is 0 Å². The van der Waals surface area contributed by atoms with Crippen molar-refractivity contribution in [1.82, 2.24) is 4.90 Å². The first-order valence-corrected chi connectivity index (χ1v) is 6.72. The molecule has 0 aromatic rings. The molecule has 1 N–H and O–H groups in total. The highest BCUT2D eigenvalue weighted by atomic mass is 16.4. The molecule has 0 amide bonds. The van der Waals surface area contributed by atoms with Crippen LogP contribution in [0.4, 0.5) is 0 Å². The third-order valence-electron chi connectivity index (χ3n) is 4.28. The van der Waals surface area contributed by atoms with Crippen LogP contribution in [0.25, 0.3) is 0 Å². The van der Waals surface area contributed by atoms with E-state index < -0.39 is 5.97 Å². The highest BCUT2D eigenvalue weighted by Gasteiger charge is 2.44. The van der Waals surface area contributed by atoms with E-state index in [-0.39, 0.29) is 6.04 Å². The van der Waals surface area contributed by atoms with Gasteiger partial charge in [-0.1, -0.05) is 26.2 Å². The molecule has 2 aliphatic rings. The second-order valence-corrected chi connectivity index (χ2v) is 5.29. The molecule has 1 heterocycles. The molecule has 92 valence electrons. The molecular formula is C13H23NO2. The lowest BCUT2D eigenvalue weighted by atomic mass is 9.85. The van der Waals surface area contributed by atoms with E-state index >= 15 is 0 Å². The second-order valence-electron chi connectivity index (χ2n) is 5.29. The van der Waals surface area contributed by atoms with Crippen molar-refractivity contribution in [3.05, 3.63) is 0 Å². The van der Waals surface area contributed by atoms with Crippen LogP contribution < -0.4 is 0 Å². The van der Waals surface area contributed by atoms with Crippen molar-refractivity contribution in [2.24, 2.45) is 5.92 Å². The van der Waals surface area contributed by atoms with E-state index in [1.54, 1.807) is 0 Å². The Labute approximate surface area is 97.8 Å². The van der Waals surface area contributed by atoms with Gasteiger partial charge in [-0.25, -0.2) is 0 Å². The molecule has 3 heteroatoms. The quantitative estimate of drug-likeness (QED) is 0.799. The van der Waals surface area contributed by atoms with E-state index in [9.17, 15) is 9.90 Å². The molecule has 1 saturated heterocycles. The highest BCUT2D eigenvalue weighted by molar-refractivity contribution is 5.74. The Balaban J connectivity index is 2.05. The molecular weight excluding hydrogens is 202 g/mol. The Bertz CT molecular complexity index is 254. The van der Waals surface area contributed by atoms with Crippen LogP contribution in [0.2, 0.25) is 0 Å². The number of hydrogen-bond acceptors (Lipinski definition) is 2. The number of rotatable bonds is 4. The van der Waals surface area contributed by atoms with Gasteiger partial charge in [0.2, 0.25) is 0 Å². The van der Waals surface area contributed by atoms with Gasteiger partial charge in [0.15, 0.2) is 0 Å². The maximum absolute atomic E-state index is 11.3. The molecule has 16 heavy (non-hydrogen) atoms. The van der Waals surface area contributed by atoms with Crippen LogP contribution in [0.5, 0.6) is 0 Å². The Morgan fingerprint density at radius 2 is 2.12 bits per heavy atom. The molecule has 1 aliphatic carbocycles. The van der Waals surface area contributed by atoms with Crippen molar-refractivity contribution in [2.45, 2.75) is 64.0 Å². The number of unbranched alkanes of at least 4 members (excludes halogenated alkanes) is 1. The van der Waals surface area contributed by atoms with E-state index in [4.69, 9.17) is 0 Å². The summed E-state index contributed by atoms with van der Waals surface area (Å²) in [6.07, 6.45) is 8.23. The molecule has 1 aliphatic heterocycles. The number of carboxylic acids is 1. The van der Waals surface area contributed by atoms with Gasteiger partial charge in [-0.2, -0.15) is 0 Å². The largest absolute Gasteiger partial charge is 0.480 e. The fraction of sp³-hybridized carbons (Fsp3) is 0.923. The fourth-order valence-electron chi connectivity index (χ4n) is 3.46. The zero-order valence-electron chi connectivity index (χ0n) is 10.2. The Morgan fingerprint density at radius 1 is 1.38 bits per heavy atom. The van der Waals surface area contributed by atoms with E-state index in [1.807, 2.05) is 0 Å². The van der Waals surface area contributed by atoms with E-state index in [0.29, 0.717) is 12.0 Å². The minimum Gasteiger partial charge on any atom is -0.480 e. The summed E-state index contributed by atoms with van der Waals surface area (Å²) in [6.45, 7) is 3.15. The topological polar surface area (TPSA) is 40.5 Å². The summed E-state index contributed by atoms with van der Waals surface area (Å²) in [5.41, 5.74) is 0. The zero-order chi connectivity index (χ0) is 11.5. The molecule has 0 aromatic carbocycles. The van der Waals surface area contributed by atoms with Crippen molar-refractivity contribution in [3.8, 4) is 0 Å². The molecule has 0 radical (unpaired) electrons. The molecule has 2 fully saturated rings. The third-order valence-corrected chi connectivity index (χ3v) is 4.28. The second kappa shape index (κ2) is 5.17. The lowest BCUT2D eigenvalue weighted by Crippen LogP contribution is -2.42. The summed E-state index contributed by atoms with van der Waals surface area (Å²) in [5, 5.41) is 9.29. The molecule has 0 aromatic heterocycles. The van der Waals surface area contributed by atoms with Crippen LogP contribution in [0.3, 0.4) is 0 Å². The van der Waals surface area contributed by atoms with Crippen molar-refractivity contribution >= 4 is 5.97 Å². The number of hydrogen-bond donors (Lipinski definition) is 1. The minimum absolute atomic E-state index is 0.195. The van der Waals surface area contributed by atoms with Crippen LogP contribution in [-0.2, 0) is 4.79 Å². The summed E-state index contributed by atoms with van der Waals surface area (Å²) in [7, 11) is 0. The first-order valence-electron chi connectivity index (χ1n) is 6.72. The number of carboxylic acid groups (broad SMARTS) is 1. The van der Waals surface area contributed by atoms with Gasteiger partial charge in [0.25, 0.3) is 0 Å². The van der Waals surface area contributed by atoms with Gasteiger partial charge in [0.05, 0.1) is 0 Å².